The number of aliphatic hydroxyl groups excluding tert-OH is 4. The van der Waals surface area contributed by atoms with Crippen molar-refractivity contribution < 1.29 is 20.4 Å². The van der Waals surface area contributed by atoms with E-state index in [1.165, 1.54) is 0 Å². The molecular weight excluding hydrogens is 260 g/mol. The van der Waals surface area contributed by atoms with Gasteiger partial charge in [-0.15, -0.1) is 10.2 Å². The lowest BCUT2D eigenvalue weighted by atomic mass is 9.93. The molecule has 12 heteroatoms. The van der Waals surface area contributed by atoms with Gasteiger partial charge < -0.3 is 32.1 Å². The third kappa shape index (κ3) is 16.0. The number of nitrogens with zero attached hydrogens (tertiary/aromatic N) is 4. The first kappa shape index (κ1) is 22.2. The first-order chi connectivity index (χ1) is 9.07. The van der Waals surface area contributed by atoms with E-state index in [1.807, 2.05) is 0 Å². The number of hydrogen-bond acceptors (Lipinski definition) is 10. The number of rotatable bonds is 6. The van der Waals surface area contributed by atoms with Gasteiger partial charge in [-0.1, -0.05) is 0 Å². The minimum absolute atomic E-state index is 0.406. The molecule has 19 heavy (non-hydrogen) atoms. The topological polar surface area (TPSA) is 230 Å². The van der Waals surface area contributed by atoms with Gasteiger partial charge in [0.2, 0.25) is 0 Å². The fraction of sp³-hybridized carbons (Fsp3) is 0.714. The number of hydrazone groups is 2. The largest absolute Gasteiger partial charge is 0.396 e. The highest BCUT2D eigenvalue weighted by molar-refractivity contribution is 5.53. The molecule has 0 aliphatic carbocycles. The minimum atomic E-state index is -1.11. The summed E-state index contributed by atoms with van der Waals surface area (Å²) in [5, 5.41) is 45.1. The predicted octanol–water partition coefficient (Wildman–Crippen LogP) is -2.22. The van der Waals surface area contributed by atoms with E-state index < -0.39 is 31.8 Å². The maximum atomic E-state index is 8.50. The molecule has 0 aromatic heterocycles. The Bertz CT molecular complexity index is 222. The molecule has 0 aromatic carbocycles. The molecule has 0 radical (unpaired) electrons. The van der Waals surface area contributed by atoms with Crippen molar-refractivity contribution in [3.8, 4) is 0 Å². The van der Waals surface area contributed by atoms with Crippen molar-refractivity contribution in [1.29, 1.82) is 11.1 Å². The first-order valence-corrected chi connectivity index (χ1v) is 4.68. The van der Waals surface area contributed by atoms with Crippen LogP contribution in [0.2, 0.25) is 0 Å². The van der Waals surface area contributed by atoms with E-state index in [1.54, 1.807) is 0 Å². The van der Waals surface area contributed by atoms with Gasteiger partial charge in [0.05, 0.1) is 31.8 Å². The summed E-state index contributed by atoms with van der Waals surface area (Å²) < 4.78 is 0. The molecule has 0 fully saturated rings. The van der Waals surface area contributed by atoms with Gasteiger partial charge in [0, 0.05) is 0 Å². The van der Waals surface area contributed by atoms with E-state index in [9.17, 15) is 0 Å². The van der Waals surface area contributed by atoms with Crippen LogP contribution in [-0.2, 0) is 0 Å². The third-order valence-electron chi connectivity index (χ3n) is 1.59. The number of nitrogens with two attached hydrogens (primary N) is 2. The van der Waals surface area contributed by atoms with Crippen molar-refractivity contribution in [2.45, 2.75) is 0 Å². The molecular formula is C7H20N8O4. The number of aliphatic hydroxyl groups is 4. The second-order valence-corrected chi connectivity index (χ2v) is 2.92. The van der Waals surface area contributed by atoms with Crippen molar-refractivity contribution in [3.63, 3.8) is 0 Å². The zero-order valence-corrected chi connectivity index (χ0v) is 10.2. The van der Waals surface area contributed by atoms with E-state index in [-0.39, 0.29) is 0 Å². The number of hydrogen-bond donors (Lipinski definition) is 8. The minimum Gasteiger partial charge on any atom is -0.396 e. The lowest BCUT2D eigenvalue weighted by Gasteiger charge is -2.23. The van der Waals surface area contributed by atoms with Gasteiger partial charge >= 0.3 is 0 Å². The molecule has 0 atom stereocenters. The van der Waals surface area contributed by atoms with Crippen molar-refractivity contribution >= 4 is 12.7 Å². The van der Waals surface area contributed by atoms with Crippen LogP contribution in [0.25, 0.3) is 0 Å². The fourth-order valence-electron chi connectivity index (χ4n) is 0.367. The second kappa shape index (κ2) is 18.3. The highest BCUT2D eigenvalue weighted by atomic mass is 16.3. The molecule has 0 amide bonds. The highest BCUT2D eigenvalue weighted by Gasteiger charge is 2.26. The summed E-state index contributed by atoms with van der Waals surface area (Å²) in [6.45, 7) is -1.62. The van der Waals surface area contributed by atoms with Crippen molar-refractivity contribution in [1.82, 2.24) is 0 Å². The van der Waals surface area contributed by atoms with E-state index in [0.29, 0.717) is 0 Å². The van der Waals surface area contributed by atoms with Gasteiger partial charge in [-0.2, -0.15) is 10.2 Å². The monoisotopic (exact) mass is 280 g/mol. The number of nitrogens with one attached hydrogen (secondary N) is 2. The molecule has 0 aromatic rings. The molecule has 0 aliphatic heterocycles. The predicted molar refractivity (Wildman–Crippen MR) is 66.4 cm³/mol. The van der Waals surface area contributed by atoms with Gasteiger partial charge in [-0.3, -0.25) is 0 Å². The van der Waals surface area contributed by atoms with Gasteiger partial charge in [0.1, 0.15) is 0 Å². The van der Waals surface area contributed by atoms with Crippen molar-refractivity contribution in [2.24, 2.45) is 37.5 Å². The zero-order valence-electron chi connectivity index (χ0n) is 10.2. The molecule has 0 bridgehead atoms. The molecule has 10 N–H and O–H groups in total. The molecule has 0 saturated carbocycles. The molecule has 0 heterocycles. The Hall–Kier alpha value is -2.02. The summed E-state index contributed by atoms with van der Waals surface area (Å²) in [7, 11) is 0. The van der Waals surface area contributed by atoms with Crippen LogP contribution in [0.4, 0.5) is 0 Å². The normalized spacial score (nSPS) is 10.3. The quantitative estimate of drug-likeness (QED) is 0.0881. The van der Waals surface area contributed by atoms with Crippen LogP contribution in [-0.4, -0.2) is 59.5 Å². The molecule has 0 rings (SSSR count). The highest BCUT2D eigenvalue weighted by Crippen LogP contribution is 2.11. The van der Waals surface area contributed by atoms with Gasteiger partial charge in [0.15, 0.2) is 12.7 Å². The summed E-state index contributed by atoms with van der Waals surface area (Å²) >= 11 is 0. The molecule has 112 valence electrons. The average Bonchev–Trinajstić information content (AvgIpc) is 2.45. The Labute approximate surface area is 109 Å². The fourth-order valence-corrected chi connectivity index (χ4v) is 0.367. The van der Waals surface area contributed by atoms with E-state index in [4.69, 9.17) is 31.5 Å². The first-order valence-electron chi connectivity index (χ1n) is 4.68. The molecule has 0 unspecified atom stereocenters. The van der Waals surface area contributed by atoms with Crippen LogP contribution in [0.1, 0.15) is 0 Å². The zero-order chi connectivity index (χ0) is 15.6. The van der Waals surface area contributed by atoms with Gasteiger partial charge in [0.25, 0.3) is 0 Å². The lowest BCUT2D eigenvalue weighted by molar-refractivity contribution is -0.0328. The molecule has 0 spiro atoms. The molecule has 0 saturated heterocycles. The summed E-state index contributed by atoms with van der Waals surface area (Å²) in [4.78, 5) is 0. The van der Waals surface area contributed by atoms with Crippen LogP contribution in [0.15, 0.2) is 20.4 Å². The SMILES string of the molecule is N=NC=NN.N=NC=NN.OCC(CO)(CO)CO. The standard InChI is InChI=1S/C5H12O4.2CH4N4/c6-1-5(2-7,3-8)4-9;2*2-4-1-5-3/h6-9H,1-4H2;2*1-2H,3H2. The Kier molecular flexibility index (Phi) is 21.4. The summed E-state index contributed by atoms with van der Waals surface area (Å²) in [5.41, 5.74) is 10.9. The Morgan fingerprint density at radius 3 is 1.05 bits per heavy atom. The van der Waals surface area contributed by atoms with Crippen LogP contribution < -0.4 is 11.7 Å². The smallest absolute Gasteiger partial charge is 0.156 e. The summed E-state index contributed by atoms with van der Waals surface area (Å²) in [6, 6.07) is 0. The Morgan fingerprint density at radius 1 is 0.789 bits per heavy atom. The van der Waals surface area contributed by atoms with Crippen LogP contribution >= 0.6 is 0 Å². The van der Waals surface area contributed by atoms with E-state index in [0.717, 1.165) is 12.7 Å². The maximum absolute atomic E-state index is 8.50. The van der Waals surface area contributed by atoms with E-state index >= 15 is 0 Å². The summed E-state index contributed by atoms with van der Waals surface area (Å²) in [6.07, 6.45) is 1.89. The third-order valence-corrected chi connectivity index (χ3v) is 1.59. The van der Waals surface area contributed by atoms with Gasteiger partial charge in [-0.25, -0.2) is 11.1 Å². The van der Waals surface area contributed by atoms with E-state index in [2.05, 4.69) is 32.1 Å². The Balaban J connectivity index is -0.000000219. The Morgan fingerprint density at radius 2 is 1.05 bits per heavy atom. The van der Waals surface area contributed by atoms with Gasteiger partial charge in [-0.05, 0) is 0 Å². The summed E-state index contributed by atoms with van der Waals surface area (Å²) in [5.74, 6) is 8.99. The molecule has 12 nitrogen and oxygen atoms in total. The van der Waals surface area contributed by atoms with Crippen LogP contribution in [0.3, 0.4) is 0 Å². The van der Waals surface area contributed by atoms with Crippen molar-refractivity contribution in [3.05, 3.63) is 0 Å². The van der Waals surface area contributed by atoms with Crippen LogP contribution in [0.5, 0.6) is 0 Å². The van der Waals surface area contributed by atoms with Crippen LogP contribution in [0, 0.1) is 16.5 Å². The second-order valence-electron chi connectivity index (χ2n) is 2.92. The average molecular weight is 280 g/mol. The maximum Gasteiger partial charge on any atom is 0.156 e. The molecule has 0 aliphatic rings. The lowest BCUT2D eigenvalue weighted by Crippen LogP contribution is -2.37. The van der Waals surface area contributed by atoms with Crippen molar-refractivity contribution in [2.75, 3.05) is 26.4 Å².